The first-order chi connectivity index (χ1) is 14.7. The molecule has 0 spiro atoms. The van der Waals surface area contributed by atoms with Gasteiger partial charge in [0.25, 0.3) is 0 Å². The Morgan fingerprint density at radius 2 is 1.33 bits per heavy atom. The second kappa shape index (κ2) is 11.9. The van der Waals surface area contributed by atoms with E-state index in [2.05, 4.69) is 29.2 Å². The molecule has 1 atom stereocenters. The van der Waals surface area contributed by atoms with E-state index in [0.29, 0.717) is 26.1 Å². The van der Waals surface area contributed by atoms with Gasteiger partial charge in [-0.2, -0.15) is 0 Å². The molecular weight excluding hydrogens is 372 g/mol. The van der Waals surface area contributed by atoms with Crippen LogP contribution in [0.5, 0.6) is 0 Å². The van der Waals surface area contributed by atoms with Crippen LogP contribution in [-0.4, -0.2) is 30.5 Å². The van der Waals surface area contributed by atoms with Crippen molar-refractivity contribution in [1.29, 1.82) is 0 Å². The fraction of sp³-hybridized carbons (Fsp3) is 0.269. The number of benzene rings is 3. The van der Waals surface area contributed by atoms with Crippen LogP contribution in [0, 0.1) is 5.92 Å². The van der Waals surface area contributed by atoms with Gasteiger partial charge in [-0.25, -0.2) is 0 Å². The van der Waals surface area contributed by atoms with Crippen LogP contribution in [0.4, 0.5) is 0 Å². The average Bonchev–Trinajstić information content (AvgIpc) is 2.79. The lowest BCUT2D eigenvalue weighted by molar-refractivity contribution is -0.150. The molecule has 3 aromatic carbocycles. The standard InChI is InChI=1S/C26H30N2O2/c27-16-17-28(19-23-12-6-2-7-13-23)20-25(18-22-10-4-1-5-11-22)26(29)30-21-24-14-8-3-9-15-24/h1-15,25H,16-21,27H2. The van der Waals surface area contributed by atoms with Crippen molar-refractivity contribution in [2.45, 2.75) is 19.6 Å². The van der Waals surface area contributed by atoms with Crippen LogP contribution >= 0.6 is 0 Å². The monoisotopic (exact) mass is 402 g/mol. The highest BCUT2D eigenvalue weighted by molar-refractivity contribution is 5.73. The minimum Gasteiger partial charge on any atom is -0.461 e. The topological polar surface area (TPSA) is 55.6 Å². The first-order valence-corrected chi connectivity index (χ1v) is 10.5. The highest BCUT2D eigenvalue weighted by Gasteiger charge is 2.24. The van der Waals surface area contributed by atoms with Crippen LogP contribution in [0.2, 0.25) is 0 Å². The minimum absolute atomic E-state index is 0.169. The summed E-state index contributed by atoms with van der Waals surface area (Å²) in [4.78, 5) is 15.3. The first kappa shape index (κ1) is 21.8. The Balaban J connectivity index is 1.70. The van der Waals surface area contributed by atoms with Crippen molar-refractivity contribution in [3.8, 4) is 0 Å². The molecule has 0 aliphatic carbocycles. The van der Waals surface area contributed by atoms with Gasteiger partial charge in [0, 0.05) is 26.2 Å². The molecular formula is C26H30N2O2. The molecule has 0 aromatic heterocycles. The number of carbonyl (C=O) groups is 1. The smallest absolute Gasteiger partial charge is 0.310 e. The second-order valence-corrected chi connectivity index (χ2v) is 7.49. The van der Waals surface area contributed by atoms with Crippen molar-refractivity contribution in [3.05, 3.63) is 108 Å². The van der Waals surface area contributed by atoms with E-state index in [1.54, 1.807) is 0 Å². The zero-order valence-corrected chi connectivity index (χ0v) is 17.3. The molecule has 4 heteroatoms. The number of hydrogen-bond acceptors (Lipinski definition) is 4. The molecule has 156 valence electrons. The number of rotatable bonds is 11. The Hall–Kier alpha value is -2.95. The predicted molar refractivity (Wildman–Crippen MR) is 121 cm³/mol. The summed E-state index contributed by atoms with van der Waals surface area (Å²) in [5, 5.41) is 0. The normalized spacial score (nSPS) is 11.9. The van der Waals surface area contributed by atoms with E-state index in [-0.39, 0.29) is 11.9 Å². The molecule has 3 aromatic rings. The number of carbonyl (C=O) groups excluding carboxylic acids is 1. The summed E-state index contributed by atoms with van der Waals surface area (Å²) in [6, 6.07) is 30.2. The van der Waals surface area contributed by atoms with Crippen molar-refractivity contribution in [2.24, 2.45) is 11.7 Å². The molecule has 4 nitrogen and oxygen atoms in total. The van der Waals surface area contributed by atoms with Gasteiger partial charge in [-0.3, -0.25) is 9.69 Å². The Bertz CT molecular complexity index is 869. The molecule has 30 heavy (non-hydrogen) atoms. The Labute approximate surface area is 179 Å². The lowest BCUT2D eigenvalue weighted by Gasteiger charge is -2.26. The van der Waals surface area contributed by atoms with Crippen molar-refractivity contribution < 1.29 is 9.53 Å². The molecule has 0 fully saturated rings. The lowest BCUT2D eigenvalue weighted by atomic mass is 9.98. The Morgan fingerprint density at radius 1 is 0.800 bits per heavy atom. The van der Waals surface area contributed by atoms with Gasteiger partial charge in [0.2, 0.25) is 0 Å². The molecule has 0 saturated heterocycles. The molecule has 0 aliphatic rings. The third kappa shape index (κ3) is 7.14. The van der Waals surface area contributed by atoms with E-state index in [4.69, 9.17) is 10.5 Å². The number of esters is 1. The number of nitrogens with two attached hydrogens (primary N) is 1. The third-order valence-corrected chi connectivity index (χ3v) is 5.06. The van der Waals surface area contributed by atoms with Crippen molar-refractivity contribution in [1.82, 2.24) is 4.90 Å². The van der Waals surface area contributed by atoms with Gasteiger partial charge in [0.15, 0.2) is 0 Å². The van der Waals surface area contributed by atoms with Gasteiger partial charge in [-0.1, -0.05) is 91.0 Å². The number of hydrogen-bond donors (Lipinski definition) is 1. The van der Waals surface area contributed by atoms with E-state index in [9.17, 15) is 4.79 Å². The fourth-order valence-electron chi connectivity index (χ4n) is 3.54. The molecule has 2 N–H and O–H groups in total. The predicted octanol–water partition coefficient (Wildman–Crippen LogP) is 4.05. The molecule has 0 heterocycles. The van der Waals surface area contributed by atoms with Crippen molar-refractivity contribution in [3.63, 3.8) is 0 Å². The average molecular weight is 403 g/mol. The third-order valence-electron chi connectivity index (χ3n) is 5.06. The summed E-state index contributed by atoms with van der Waals surface area (Å²) < 4.78 is 5.69. The maximum atomic E-state index is 13.0. The fourth-order valence-corrected chi connectivity index (χ4v) is 3.54. The minimum atomic E-state index is -0.258. The zero-order chi connectivity index (χ0) is 21.0. The van der Waals surface area contributed by atoms with E-state index in [0.717, 1.165) is 24.2 Å². The maximum Gasteiger partial charge on any atom is 0.310 e. The first-order valence-electron chi connectivity index (χ1n) is 10.5. The molecule has 0 bridgehead atoms. The van der Waals surface area contributed by atoms with Gasteiger partial charge in [-0.05, 0) is 23.1 Å². The SMILES string of the molecule is NCCN(Cc1ccccc1)CC(Cc1ccccc1)C(=O)OCc1ccccc1. The lowest BCUT2D eigenvalue weighted by Crippen LogP contribution is -2.37. The maximum absolute atomic E-state index is 13.0. The number of ether oxygens (including phenoxy) is 1. The van der Waals surface area contributed by atoms with Crippen LogP contribution in [0.15, 0.2) is 91.0 Å². The molecule has 1 unspecified atom stereocenters. The van der Waals surface area contributed by atoms with Gasteiger partial charge >= 0.3 is 5.97 Å². The van der Waals surface area contributed by atoms with E-state index >= 15 is 0 Å². The molecule has 0 aliphatic heterocycles. The molecule has 0 radical (unpaired) electrons. The zero-order valence-electron chi connectivity index (χ0n) is 17.3. The molecule has 0 amide bonds. The molecule has 0 saturated carbocycles. The van der Waals surface area contributed by atoms with Gasteiger partial charge < -0.3 is 10.5 Å². The Kier molecular flexibility index (Phi) is 8.63. The van der Waals surface area contributed by atoms with Crippen LogP contribution in [0.3, 0.4) is 0 Å². The Morgan fingerprint density at radius 3 is 1.90 bits per heavy atom. The van der Waals surface area contributed by atoms with E-state index in [1.807, 2.05) is 66.7 Å². The van der Waals surface area contributed by atoms with Crippen LogP contribution in [-0.2, 0) is 29.1 Å². The van der Waals surface area contributed by atoms with E-state index < -0.39 is 0 Å². The summed E-state index contributed by atoms with van der Waals surface area (Å²) in [6.45, 7) is 2.93. The van der Waals surface area contributed by atoms with Crippen molar-refractivity contribution in [2.75, 3.05) is 19.6 Å². The molecule has 3 rings (SSSR count). The van der Waals surface area contributed by atoms with E-state index in [1.165, 1.54) is 5.56 Å². The second-order valence-electron chi connectivity index (χ2n) is 7.49. The van der Waals surface area contributed by atoms with Crippen LogP contribution in [0.1, 0.15) is 16.7 Å². The quantitative estimate of drug-likeness (QED) is 0.492. The summed E-state index contributed by atoms with van der Waals surface area (Å²) >= 11 is 0. The summed E-state index contributed by atoms with van der Waals surface area (Å²) in [6.07, 6.45) is 0.643. The van der Waals surface area contributed by atoms with Crippen molar-refractivity contribution >= 4 is 5.97 Å². The summed E-state index contributed by atoms with van der Waals surface area (Å²) in [7, 11) is 0. The summed E-state index contributed by atoms with van der Waals surface area (Å²) in [5.41, 5.74) is 9.20. The van der Waals surface area contributed by atoms with Gasteiger partial charge in [0.05, 0.1) is 5.92 Å². The number of nitrogens with zero attached hydrogens (tertiary/aromatic N) is 1. The summed E-state index contributed by atoms with van der Waals surface area (Å²) in [5.74, 6) is -0.427. The largest absolute Gasteiger partial charge is 0.461 e. The van der Waals surface area contributed by atoms with Crippen LogP contribution < -0.4 is 5.73 Å². The highest BCUT2D eigenvalue weighted by Crippen LogP contribution is 2.16. The van der Waals surface area contributed by atoms with Crippen LogP contribution in [0.25, 0.3) is 0 Å². The van der Waals surface area contributed by atoms with Gasteiger partial charge in [-0.15, -0.1) is 0 Å². The van der Waals surface area contributed by atoms with Gasteiger partial charge in [0.1, 0.15) is 6.61 Å². The highest BCUT2D eigenvalue weighted by atomic mass is 16.5.